The molecule has 112 valence electrons. The first-order valence-electron chi connectivity index (χ1n) is 7.61. The zero-order valence-electron chi connectivity index (χ0n) is 12.8. The van der Waals surface area contributed by atoms with Gasteiger partial charge in [-0.15, -0.1) is 0 Å². The number of rotatable bonds is 6. The Hall–Kier alpha value is -0.610. The van der Waals surface area contributed by atoms with Crippen molar-refractivity contribution in [3.63, 3.8) is 0 Å². The third-order valence-corrected chi connectivity index (χ3v) is 4.45. The number of amides is 1. The molecule has 0 saturated heterocycles. The van der Waals surface area contributed by atoms with Crippen LogP contribution in [0.15, 0.2) is 0 Å². The van der Waals surface area contributed by atoms with Crippen LogP contribution in [0, 0.1) is 5.92 Å². The summed E-state index contributed by atoms with van der Waals surface area (Å²) >= 11 is 0. The second-order valence-corrected chi connectivity index (χ2v) is 6.30. The number of carbonyl (C=O) groups is 1. The summed E-state index contributed by atoms with van der Waals surface area (Å²) in [6.45, 7) is 8.31. The summed E-state index contributed by atoms with van der Waals surface area (Å²) in [4.78, 5) is 12.1. The first kappa shape index (κ1) is 16.4. The molecule has 1 aliphatic carbocycles. The minimum Gasteiger partial charge on any atom is -0.394 e. The highest BCUT2D eigenvalue weighted by molar-refractivity contribution is 5.81. The molecule has 1 aliphatic rings. The van der Waals surface area contributed by atoms with E-state index in [2.05, 4.69) is 24.5 Å². The van der Waals surface area contributed by atoms with Gasteiger partial charge in [-0.05, 0) is 51.9 Å². The van der Waals surface area contributed by atoms with E-state index in [1.54, 1.807) is 0 Å². The second kappa shape index (κ2) is 7.25. The van der Waals surface area contributed by atoms with Crippen molar-refractivity contribution in [2.24, 2.45) is 5.92 Å². The summed E-state index contributed by atoms with van der Waals surface area (Å²) in [6.07, 6.45) is 5.07. The second-order valence-electron chi connectivity index (χ2n) is 6.30. The maximum absolute atomic E-state index is 12.1. The molecule has 1 rings (SSSR count). The van der Waals surface area contributed by atoms with Crippen LogP contribution in [0.1, 0.15) is 59.8 Å². The summed E-state index contributed by atoms with van der Waals surface area (Å²) in [7, 11) is 0. The Morgan fingerprint density at radius 2 is 1.95 bits per heavy atom. The number of aliphatic hydroxyl groups excluding tert-OH is 1. The summed E-state index contributed by atoms with van der Waals surface area (Å²) in [5.41, 5.74) is -0.265. The normalized spacial score (nSPS) is 30.7. The van der Waals surface area contributed by atoms with Gasteiger partial charge >= 0.3 is 0 Å². The van der Waals surface area contributed by atoms with Crippen LogP contribution in [0.2, 0.25) is 0 Å². The van der Waals surface area contributed by atoms with E-state index in [9.17, 15) is 9.90 Å². The lowest BCUT2D eigenvalue weighted by Gasteiger charge is -2.40. The maximum atomic E-state index is 12.1. The van der Waals surface area contributed by atoms with Crippen molar-refractivity contribution >= 4 is 5.91 Å². The van der Waals surface area contributed by atoms with Gasteiger partial charge in [0.25, 0.3) is 0 Å². The molecule has 1 fully saturated rings. The van der Waals surface area contributed by atoms with Gasteiger partial charge in [-0.1, -0.05) is 13.8 Å². The Bertz CT molecular complexity index is 286. The first-order valence-corrected chi connectivity index (χ1v) is 7.61. The molecule has 2 unspecified atom stereocenters. The third kappa shape index (κ3) is 4.77. The van der Waals surface area contributed by atoms with E-state index in [1.807, 2.05) is 13.8 Å². The van der Waals surface area contributed by atoms with Gasteiger partial charge in [0.05, 0.1) is 12.6 Å². The average molecular weight is 270 g/mol. The SMILES string of the molecule is CCC(C)NC(=O)C(C)NC1(CO)CCC(C)CC1. The first-order chi connectivity index (χ1) is 8.92. The molecule has 19 heavy (non-hydrogen) atoms. The van der Waals surface area contributed by atoms with Crippen molar-refractivity contribution in [1.29, 1.82) is 0 Å². The van der Waals surface area contributed by atoms with Crippen LogP contribution in [0.4, 0.5) is 0 Å². The van der Waals surface area contributed by atoms with Gasteiger partial charge in [-0.3, -0.25) is 10.1 Å². The van der Waals surface area contributed by atoms with Gasteiger partial charge in [0, 0.05) is 11.6 Å². The molecule has 1 amide bonds. The predicted octanol–water partition coefficient (Wildman–Crippen LogP) is 1.82. The maximum Gasteiger partial charge on any atom is 0.237 e. The van der Waals surface area contributed by atoms with Crippen molar-refractivity contribution < 1.29 is 9.90 Å². The molecule has 0 spiro atoms. The zero-order chi connectivity index (χ0) is 14.5. The average Bonchev–Trinajstić information content (AvgIpc) is 2.41. The highest BCUT2D eigenvalue weighted by atomic mass is 16.3. The Kier molecular flexibility index (Phi) is 6.27. The molecule has 2 atom stereocenters. The molecule has 0 radical (unpaired) electrons. The smallest absolute Gasteiger partial charge is 0.237 e. The number of hydrogen-bond acceptors (Lipinski definition) is 3. The number of carbonyl (C=O) groups excluding carboxylic acids is 1. The fraction of sp³-hybridized carbons (Fsp3) is 0.933. The Morgan fingerprint density at radius 3 is 2.42 bits per heavy atom. The minimum atomic E-state index is -0.265. The molecule has 1 saturated carbocycles. The molecular formula is C15H30N2O2. The highest BCUT2D eigenvalue weighted by Crippen LogP contribution is 2.31. The van der Waals surface area contributed by atoms with Crippen molar-refractivity contribution in [3.05, 3.63) is 0 Å². The Labute approximate surface area is 117 Å². The Morgan fingerprint density at radius 1 is 1.37 bits per heavy atom. The number of hydrogen-bond donors (Lipinski definition) is 3. The van der Waals surface area contributed by atoms with Crippen LogP contribution in [0.25, 0.3) is 0 Å². The molecule has 4 nitrogen and oxygen atoms in total. The molecule has 0 aromatic rings. The van der Waals surface area contributed by atoms with E-state index in [1.165, 1.54) is 0 Å². The van der Waals surface area contributed by atoms with Gasteiger partial charge in [0.15, 0.2) is 0 Å². The molecule has 0 heterocycles. The lowest BCUT2D eigenvalue weighted by atomic mass is 9.77. The fourth-order valence-corrected chi connectivity index (χ4v) is 2.66. The van der Waals surface area contributed by atoms with Crippen molar-refractivity contribution in [2.75, 3.05) is 6.61 Å². The standard InChI is InChI=1S/C15H30N2O2/c1-5-12(3)16-14(19)13(4)17-15(10-18)8-6-11(2)7-9-15/h11-13,17-18H,5-10H2,1-4H3,(H,16,19). The molecular weight excluding hydrogens is 240 g/mol. The molecule has 3 N–H and O–H groups in total. The lowest BCUT2D eigenvalue weighted by Crippen LogP contribution is -2.58. The summed E-state index contributed by atoms with van der Waals surface area (Å²) in [5.74, 6) is 0.756. The van der Waals surface area contributed by atoms with Gasteiger partial charge in [-0.25, -0.2) is 0 Å². The van der Waals surface area contributed by atoms with E-state index in [-0.39, 0.29) is 30.1 Å². The minimum absolute atomic E-state index is 0.0285. The van der Waals surface area contributed by atoms with Crippen molar-refractivity contribution in [3.8, 4) is 0 Å². The van der Waals surface area contributed by atoms with Gasteiger partial charge < -0.3 is 10.4 Å². The summed E-state index contributed by atoms with van der Waals surface area (Å²) < 4.78 is 0. The van der Waals surface area contributed by atoms with Crippen LogP contribution >= 0.6 is 0 Å². The predicted molar refractivity (Wildman–Crippen MR) is 77.9 cm³/mol. The van der Waals surface area contributed by atoms with Crippen molar-refractivity contribution in [1.82, 2.24) is 10.6 Å². The van der Waals surface area contributed by atoms with E-state index >= 15 is 0 Å². The molecule has 0 aliphatic heterocycles. The topological polar surface area (TPSA) is 61.4 Å². The van der Waals surface area contributed by atoms with Crippen LogP contribution in [-0.2, 0) is 4.79 Å². The molecule has 4 heteroatoms. The summed E-state index contributed by atoms with van der Waals surface area (Å²) in [6, 6.07) is -0.0530. The summed E-state index contributed by atoms with van der Waals surface area (Å²) in [5, 5.41) is 16.0. The van der Waals surface area contributed by atoms with Crippen LogP contribution in [-0.4, -0.2) is 35.2 Å². The van der Waals surface area contributed by atoms with Crippen molar-refractivity contribution in [2.45, 2.75) is 77.4 Å². The number of nitrogens with one attached hydrogen (secondary N) is 2. The van der Waals surface area contributed by atoms with Gasteiger partial charge in [-0.2, -0.15) is 0 Å². The number of aliphatic hydroxyl groups is 1. The van der Waals surface area contributed by atoms with E-state index < -0.39 is 0 Å². The van der Waals surface area contributed by atoms with Crippen LogP contribution in [0.5, 0.6) is 0 Å². The highest BCUT2D eigenvalue weighted by Gasteiger charge is 2.35. The van der Waals surface area contributed by atoms with Crippen LogP contribution in [0.3, 0.4) is 0 Å². The zero-order valence-corrected chi connectivity index (χ0v) is 12.8. The lowest BCUT2D eigenvalue weighted by molar-refractivity contribution is -0.124. The third-order valence-electron chi connectivity index (χ3n) is 4.45. The van der Waals surface area contributed by atoms with Crippen LogP contribution < -0.4 is 10.6 Å². The van der Waals surface area contributed by atoms with E-state index in [0.29, 0.717) is 0 Å². The van der Waals surface area contributed by atoms with E-state index in [0.717, 1.165) is 38.0 Å². The van der Waals surface area contributed by atoms with Gasteiger partial charge in [0.2, 0.25) is 5.91 Å². The van der Waals surface area contributed by atoms with E-state index in [4.69, 9.17) is 0 Å². The largest absolute Gasteiger partial charge is 0.394 e. The molecule has 0 aromatic heterocycles. The molecule has 0 aromatic carbocycles. The quantitative estimate of drug-likeness (QED) is 0.690. The van der Waals surface area contributed by atoms with Gasteiger partial charge in [0.1, 0.15) is 0 Å². The Balaban J connectivity index is 2.53. The monoisotopic (exact) mass is 270 g/mol. The molecule has 0 bridgehead atoms. The fourth-order valence-electron chi connectivity index (χ4n) is 2.66.